The van der Waals surface area contributed by atoms with Gasteiger partial charge in [-0.15, -0.1) is 6.42 Å². The van der Waals surface area contributed by atoms with E-state index in [1.54, 1.807) is 45.0 Å². The summed E-state index contributed by atoms with van der Waals surface area (Å²) in [6, 6.07) is 6.08. The first-order valence-corrected chi connectivity index (χ1v) is 10.3. The summed E-state index contributed by atoms with van der Waals surface area (Å²) in [5.41, 5.74) is 0.218. The fourth-order valence-electron chi connectivity index (χ4n) is 2.73. The molecule has 0 spiro atoms. The molecule has 1 aromatic carbocycles. The van der Waals surface area contributed by atoms with Crippen LogP contribution in [0.3, 0.4) is 0 Å². The molecule has 8 heteroatoms. The summed E-state index contributed by atoms with van der Waals surface area (Å²) >= 11 is 0. The van der Waals surface area contributed by atoms with Crippen molar-refractivity contribution in [3.8, 4) is 24.8 Å². The number of nitrogens with zero attached hydrogens (tertiary/aromatic N) is 1. The van der Waals surface area contributed by atoms with Crippen molar-refractivity contribution in [2.24, 2.45) is 0 Å². The summed E-state index contributed by atoms with van der Waals surface area (Å²) in [5.74, 6) is 1.15. The van der Waals surface area contributed by atoms with Crippen LogP contribution in [-0.4, -0.2) is 52.7 Å². The zero-order valence-electron chi connectivity index (χ0n) is 19.0. The SMILES string of the molecule is C#Cc1ccc(C(C(=O)NCCCC)N(C#C)C(=O)C(CO)NC(=O)OC(C)(C)C)cc1. The quantitative estimate of drug-likeness (QED) is 0.308. The standard InChI is InChI=1S/C24H31N3O5/c1-7-10-15-25-21(29)20(18-13-11-17(8-2)12-14-18)27(9-3)22(30)19(16-28)26-23(31)32-24(4,5)6/h2-3,11-14,19-20,28H,7,10,15-16H2,1,4-6H3,(H,25,29)(H,26,31). The Morgan fingerprint density at radius 2 is 1.81 bits per heavy atom. The molecular weight excluding hydrogens is 410 g/mol. The minimum Gasteiger partial charge on any atom is -0.444 e. The molecule has 1 aromatic rings. The van der Waals surface area contributed by atoms with Crippen LogP contribution in [0.5, 0.6) is 0 Å². The number of aliphatic hydroxyl groups is 1. The van der Waals surface area contributed by atoms with Gasteiger partial charge < -0.3 is 20.5 Å². The van der Waals surface area contributed by atoms with Crippen LogP contribution in [-0.2, 0) is 14.3 Å². The van der Waals surface area contributed by atoms with Crippen molar-refractivity contribution < 1.29 is 24.2 Å². The lowest BCUT2D eigenvalue weighted by Gasteiger charge is -2.29. The van der Waals surface area contributed by atoms with Crippen LogP contribution in [0.1, 0.15) is 57.7 Å². The summed E-state index contributed by atoms with van der Waals surface area (Å²) in [5, 5.41) is 14.8. The number of nitrogens with one attached hydrogen (secondary N) is 2. The first-order chi connectivity index (χ1) is 15.1. The van der Waals surface area contributed by atoms with E-state index in [9.17, 15) is 19.5 Å². The molecule has 172 valence electrons. The van der Waals surface area contributed by atoms with Crippen molar-refractivity contribution in [1.29, 1.82) is 0 Å². The topological polar surface area (TPSA) is 108 Å². The number of unbranched alkanes of at least 4 members (excludes halogenated alkanes) is 1. The fraction of sp³-hybridized carbons (Fsp3) is 0.458. The van der Waals surface area contributed by atoms with Crippen molar-refractivity contribution in [1.82, 2.24) is 15.5 Å². The molecule has 0 fully saturated rings. The van der Waals surface area contributed by atoms with Crippen LogP contribution in [0.25, 0.3) is 0 Å². The van der Waals surface area contributed by atoms with Gasteiger partial charge in [-0.05, 0) is 44.9 Å². The molecule has 0 aliphatic rings. The minimum atomic E-state index is -1.41. The van der Waals surface area contributed by atoms with Crippen LogP contribution < -0.4 is 10.6 Å². The Morgan fingerprint density at radius 1 is 1.19 bits per heavy atom. The highest BCUT2D eigenvalue weighted by molar-refractivity contribution is 5.93. The molecule has 0 aromatic heterocycles. The Kier molecular flexibility index (Phi) is 10.3. The molecule has 32 heavy (non-hydrogen) atoms. The van der Waals surface area contributed by atoms with Gasteiger partial charge in [-0.1, -0.05) is 37.8 Å². The van der Waals surface area contributed by atoms with Crippen LogP contribution >= 0.6 is 0 Å². The van der Waals surface area contributed by atoms with Crippen molar-refractivity contribution in [3.63, 3.8) is 0 Å². The molecule has 3 N–H and O–H groups in total. The largest absolute Gasteiger partial charge is 0.444 e. The second-order valence-corrected chi connectivity index (χ2v) is 8.03. The van der Waals surface area contributed by atoms with Gasteiger partial charge in [0.25, 0.3) is 5.91 Å². The van der Waals surface area contributed by atoms with E-state index in [4.69, 9.17) is 17.6 Å². The number of ether oxygens (including phenoxy) is 1. The van der Waals surface area contributed by atoms with Gasteiger partial charge in [0.05, 0.1) is 6.61 Å². The third-order valence-electron chi connectivity index (χ3n) is 4.28. The van der Waals surface area contributed by atoms with Crippen molar-refractivity contribution >= 4 is 17.9 Å². The number of aliphatic hydroxyl groups excluding tert-OH is 1. The maximum atomic E-state index is 13.1. The summed E-state index contributed by atoms with van der Waals surface area (Å²) in [6.07, 6.45) is 11.7. The number of carbonyl (C=O) groups excluding carboxylic acids is 3. The second-order valence-electron chi connectivity index (χ2n) is 8.03. The average molecular weight is 442 g/mol. The summed E-state index contributed by atoms with van der Waals surface area (Å²) in [6.45, 7) is 6.62. The van der Waals surface area contributed by atoms with Crippen molar-refractivity contribution in [2.75, 3.05) is 13.2 Å². The molecule has 2 atom stereocenters. The van der Waals surface area contributed by atoms with Crippen molar-refractivity contribution in [3.05, 3.63) is 35.4 Å². The molecule has 3 amide bonds. The lowest BCUT2D eigenvalue weighted by atomic mass is 10.0. The maximum Gasteiger partial charge on any atom is 0.408 e. The average Bonchev–Trinajstić information content (AvgIpc) is 2.74. The van der Waals surface area contributed by atoms with Gasteiger partial charge in [0.2, 0.25) is 5.91 Å². The monoisotopic (exact) mass is 441 g/mol. The van der Waals surface area contributed by atoms with Gasteiger partial charge in [0.15, 0.2) is 0 Å². The van der Waals surface area contributed by atoms with E-state index in [-0.39, 0.29) is 0 Å². The smallest absolute Gasteiger partial charge is 0.408 e. The first kappa shape index (κ1) is 26.5. The van der Waals surface area contributed by atoms with E-state index in [1.807, 2.05) is 6.92 Å². The molecule has 0 heterocycles. The number of hydrogen-bond acceptors (Lipinski definition) is 5. The maximum absolute atomic E-state index is 13.1. The van der Waals surface area contributed by atoms with Gasteiger partial charge in [-0.2, -0.15) is 0 Å². The van der Waals surface area contributed by atoms with E-state index in [1.165, 1.54) is 0 Å². The molecule has 0 radical (unpaired) electrons. The highest BCUT2D eigenvalue weighted by Crippen LogP contribution is 2.22. The molecular formula is C24H31N3O5. The lowest BCUT2D eigenvalue weighted by molar-refractivity contribution is -0.139. The summed E-state index contributed by atoms with van der Waals surface area (Å²) < 4.78 is 5.14. The van der Waals surface area contributed by atoms with E-state index in [0.717, 1.165) is 17.7 Å². The van der Waals surface area contributed by atoms with E-state index >= 15 is 0 Å². The summed E-state index contributed by atoms with van der Waals surface area (Å²) in [7, 11) is 0. The predicted molar refractivity (Wildman–Crippen MR) is 121 cm³/mol. The van der Waals surface area contributed by atoms with Gasteiger partial charge in [-0.3, -0.25) is 14.5 Å². The molecule has 2 unspecified atom stereocenters. The normalized spacial score (nSPS) is 12.5. The van der Waals surface area contributed by atoms with Gasteiger partial charge in [-0.25, -0.2) is 4.79 Å². The summed E-state index contributed by atoms with van der Waals surface area (Å²) in [4.78, 5) is 39.1. The zero-order valence-corrected chi connectivity index (χ0v) is 19.0. The number of terminal acetylenes is 2. The molecule has 0 aliphatic heterocycles. The van der Waals surface area contributed by atoms with Crippen LogP contribution in [0, 0.1) is 24.8 Å². The van der Waals surface area contributed by atoms with E-state index in [0.29, 0.717) is 17.7 Å². The third-order valence-corrected chi connectivity index (χ3v) is 4.28. The first-order valence-electron chi connectivity index (χ1n) is 10.3. The predicted octanol–water partition coefficient (Wildman–Crippen LogP) is 1.93. The van der Waals surface area contributed by atoms with Crippen LogP contribution in [0.4, 0.5) is 4.79 Å². The van der Waals surface area contributed by atoms with Crippen molar-refractivity contribution in [2.45, 2.75) is 58.2 Å². The lowest BCUT2D eigenvalue weighted by Crippen LogP contribution is -2.53. The Morgan fingerprint density at radius 3 is 2.28 bits per heavy atom. The fourth-order valence-corrected chi connectivity index (χ4v) is 2.73. The Hall–Kier alpha value is -3.49. The van der Waals surface area contributed by atoms with Gasteiger partial charge in [0.1, 0.15) is 17.7 Å². The number of alkyl carbamates (subject to hydrolysis) is 1. The van der Waals surface area contributed by atoms with Crippen LogP contribution in [0.15, 0.2) is 24.3 Å². The van der Waals surface area contributed by atoms with Crippen LogP contribution in [0.2, 0.25) is 0 Å². The molecule has 0 bridgehead atoms. The Balaban J connectivity index is 3.23. The molecule has 0 saturated heterocycles. The minimum absolute atomic E-state index is 0.403. The molecule has 8 nitrogen and oxygen atoms in total. The number of hydrogen-bond donors (Lipinski definition) is 3. The highest BCUT2D eigenvalue weighted by atomic mass is 16.6. The third kappa shape index (κ3) is 7.98. The number of benzene rings is 1. The number of amides is 3. The zero-order chi connectivity index (χ0) is 24.3. The molecule has 1 rings (SSSR count). The van der Waals surface area contributed by atoms with Gasteiger partial charge >= 0.3 is 6.09 Å². The van der Waals surface area contributed by atoms with E-state index in [2.05, 4.69) is 22.6 Å². The second kappa shape index (κ2) is 12.4. The Bertz CT molecular complexity index is 875. The Labute approximate surface area is 189 Å². The molecule has 0 saturated carbocycles. The molecule has 0 aliphatic carbocycles. The van der Waals surface area contributed by atoms with E-state index < -0.39 is 42.2 Å². The number of rotatable bonds is 9. The number of carbonyl (C=O) groups is 3. The highest BCUT2D eigenvalue weighted by Gasteiger charge is 2.35. The van der Waals surface area contributed by atoms with Gasteiger partial charge in [0, 0.05) is 18.2 Å².